The number of hydrogen-bond donors (Lipinski definition) is 6. The summed E-state index contributed by atoms with van der Waals surface area (Å²) in [5.41, 5.74) is 11.9. The molecule has 0 saturated heterocycles. The number of carbonyl (C=O) groups excluding carboxylic acids is 3. The number of carboxylic acid groups (broad SMARTS) is 2. The van der Waals surface area contributed by atoms with Crippen LogP contribution in [-0.4, -0.2) is 81.5 Å². The molecule has 72 heavy (non-hydrogen) atoms. The summed E-state index contributed by atoms with van der Waals surface area (Å²) in [5, 5.41) is 40.5. The molecule has 6 N–H and O–H groups in total. The molecule has 2 unspecified atom stereocenters. The Morgan fingerprint density at radius 1 is 0.750 bits per heavy atom. The van der Waals surface area contributed by atoms with Gasteiger partial charge in [-0.05, 0) is 193 Å². The normalized spacial score (nSPS) is 27.5. The number of nitrogens with zero attached hydrogens (tertiary/aromatic N) is 2. The predicted octanol–water partition coefficient (Wildman–Crippen LogP) is 10.8. The third-order valence-electron chi connectivity index (χ3n) is 17.9. The SMILES string of the molecule is CC(=O)O[C@]1(C(C)=O)CC[C@H]2[C@@H]3C[C@H](C)C4=CC(=O)CC[C@]4(C)[C@H]3CC[C@@]21C.CC1=C(CCC(=O)O)c2cc3[nH]c(cc4nc(cc5[nH]c(cc1n2)c(C(C)O)c5C)C(C(C)O)=C4C)c(C)c3CCC(=O)O. The Labute approximate surface area is 421 Å². The van der Waals surface area contributed by atoms with E-state index in [1.165, 1.54) is 12.5 Å². The van der Waals surface area contributed by atoms with E-state index in [0.717, 1.165) is 76.5 Å². The molecule has 0 amide bonds. The van der Waals surface area contributed by atoms with Crippen molar-refractivity contribution < 1.29 is 49.1 Å². The van der Waals surface area contributed by atoms with Crippen molar-refractivity contribution in [3.8, 4) is 0 Å². The van der Waals surface area contributed by atoms with E-state index in [2.05, 4.69) is 30.7 Å². The summed E-state index contributed by atoms with van der Waals surface area (Å²) in [6.45, 7) is 20.9. The maximum Gasteiger partial charge on any atom is 0.303 e. The number of aliphatic hydroxyl groups excluding tert-OH is 2. The minimum absolute atomic E-state index is 0.00469. The first-order valence-electron chi connectivity index (χ1n) is 25.7. The zero-order valence-electron chi connectivity index (χ0n) is 43.8. The molecule has 3 fully saturated rings. The van der Waals surface area contributed by atoms with Crippen LogP contribution in [-0.2, 0) is 35.1 Å². The summed E-state index contributed by atoms with van der Waals surface area (Å²) in [5.74, 6) is -0.00511. The average Bonchev–Trinajstić information content (AvgIpc) is 4.03. The van der Waals surface area contributed by atoms with Crippen molar-refractivity contribution in [3.63, 3.8) is 0 Å². The number of aryl methyl sites for hydroxylation is 3. The van der Waals surface area contributed by atoms with E-state index in [1.807, 2.05) is 58.0 Å². The van der Waals surface area contributed by atoms with Gasteiger partial charge in [0.15, 0.2) is 17.2 Å². The van der Waals surface area contributed by atoms with E-state index in [0.29, 0.717) is 81.5 Å². The van der Waals surface area contributed by atoms with E-state index >= 15 is 0 Å². The number of aliphatic hydroxyl groups is 2. The molecule has 6 aliphatic rings. The fourth-order valence-electron chi connectivity index (χ4n) is 14.4. The Morgan fingerprint density at radius 3 is 1.97 bits per heavy atom. The first-order valence-corrected chi connectivity index (χ1v) is 25.7. The molecule has 4 aliphatic carbocycles. The molecule has 14 nitrogen and oxygen atoms in total. The molecule has 0 radical (unpaired) electrons. The van der Waals surface area contributed by atoms with Gasteiger partial charge in [0.25, 0.3) is 0 Å². The van der Waals surface area contributed by atoms with Gasteiger partial charge in [-0.3, -0.25) is 24.0 Å². The van der Waals surface area contributed by atoms with Crippen LogP contribution in [0.4, 0.5) is 0 Å². The predicted molar refractivity (Wildman–Crippen MR) is 277 cm³/mol. The second kappa shape index (κ2) is 19.5. The quantitative estimate of drug-likeness (QED) is 0.104. The molecule has 9 rings (SSSR count). The molecule has 2 aliphatic heterocycles. The maximum absolute atomic E-state index is 12.8. The van der Waals surface area contributed by atoms with Crippen LogP contribution in [0.15, 0.2) is 35.9 Å². The summed E-state index contributed by atoms with van der Waals surface area (Å²) in [4.78, 5) is 76.6. The first-order chi connectivity index (χ1) is 33.8. The third-order valence-corrected chi connectivity index (χ3v) is 17.9. The molecule has 9 atom stereocenters. The maximum atomic E-state index is 12.8. The zero-order chi connectivity index (χ0) is 52.5. The van der Waals surface area contributed by atoms with Crippen molar-refractivity contribution in [2.24, 2.45) is 34.5 Å². The van der Waals surface area contributed by atoms with E-state index < -0.39 is 29.7 Å². The third kappa shape index (κ3) is 9.00. The van der Waals surface area contributed by atoms with Crippen LogP contribution in [0.2, 0.25) is 0 Å². The lowest BCUT2D eigenvalue weighted by atomic mass is 9.44. The van der Waals surface area contributed by atoms with Gasteiger partial charge < -0.3 is 35.1 Å². The fraction of sp³-hybridized carbons (Fsp3) is 0.534. The van der Waals surface area contributed by atoms with Crippen LogP contribution in [0.3, 0.4) is 0 Å². The van der Waals surface area contributed by atoms with Gasteiger partial charge in [0.2, 0.25) is 0 Å². The smallest absolute Gasteiger partial charge is 0.303 e. The summed E-state index contributed by atoms with van der Waals surface area (Å²) >= 11 is 0. The van der Waals surface area contributed by atoms with Crippen molar-refractivity contribution in [1.82, 2.24) is 19.9 Å². The van der Waals surface area contributed by atoms with Crippen LogP contribution in [0, 0.1) is 48.3 Å². The number of esters is 1. The van der Waals surface area contributed by atoms with Gasteiger partial charge >= 0.3 is 17.9 Å². The zero-order valence-corrected chi connectivity index (χ0v) is 43.8. The molecule has 0 aromatic carbocycles. The summed E-state index contributed by atoms with van der Waals surface area (Å²) in [6.07, 6.45) is 7.04. The van der Waals surface area contributed by atoms with Crippen LogP contribution < -0.4 is 0 Å². The average molecular weight is 985 g/mol. The minimum atomic E-state index is -0.961. The molecular formula is C58H72N4O10. The Kier molecular flexibility index (Phi) is 14.1. The molecular weight excluding hydrogens is 913 g/mol. The number of ether oxygens (including phenoxy) is 1. The lowest BCUT2D eigenvalue weighted by Gasteiger charge is -2.60. The first kappa shape index (κ1) is 52.3. The molecule has 5 heterocycles. The van der Waals surface area contributed by atoms with Gasteiger partial charge in [-0.2, -0.15) is 0 Å². The number of nitrogens with one attached hydrogen (secondary N) is 2. The number of Topliss-reactive ketones (excluding diaryl/α,β-unsaturated/α-hetero) is 1. The van der Waals surface area contributed by atoms with Gasteiger partial charge in [0.1, 0.15) is 0 Å². The van der Waals surface area contributed by atoms with Crippen LogP contribution in [0.25, 0.3) is 44.4 Å². The number of H-pyrrole nitrogens is 2. The minimum Gasteiger partial charge on any atom is -0.481 e. The molecule has 3 aromatic heterocycles. The number of aliphatic carboxylic acids is 2. The number of aromatic nitrogens is 4. The highest BCUT2D eigenvalue weighted by Crippen LogP contribution is 2.69. The van der Waals surface area contributed by atoms with Crippen molar-refractivity contribution >= 4 is 73.8 Å². The Balaban J connectivity index is 0.000000212. The highest BCUT2D eigenvalue weighted by Gasteiger charge is 2.68. The highest BCUT2D eigenvalue weighted by molar-refractivity contribution is 5.96. The molecule has 8 bridgehead atoms. The van der Waals surface area contributed by atoms with Crippen molar-refractivity contribution in [3.05, 3.63) is 80.9 Å². The lowest BCUT2D eigenvalue weighted by molar-refractivity contribution is -0.187. The van der Waals surface area contributed by atoms with Gasteiger partial charge in [-0.15, -0.1) is 0 Å². The monoisotopic (exact) mass is 985 g/mol. The van der Waals surface area contributed by atoms with E-state index in [1.54, 1.807) is 20.8 Å². The lowest BCUT2D eigenvalue weighted by Crippen LogP contribution is -2.59. The van der Waals surface area contributed by atoms with Gasteiger partial charge in [0, 0.05) is 64.8 Å². The molecule has 384 valence electrons. The summed E-state index contributed by atoms with van der Waals surface area (Å²) in [6, 6.07) is 7.51. The molecule has 3 aromatic rings. The highest BCUT2D eigenvalue weighted by atomic mass is 16.6. The van der Waals surface area contributed by atoms with Gasteiger partial charge in [0.05, 0.1) is 35.0 Å². The van der Waals surface area contributed by atoms with Crippen molar-refractivity contribution in [2.45, 2.75) is 165 Å². The number of ketones is 2. The van der Waals surface area contributed by atoms with E-state index in [4.69, 9.17) is 14.7 Å². The second-order valence-corrected chi connectivity index (χ2v) is 22.1. The van der Waals surface area contributed by atoms with Gasteiger partial charge in [-0.25, -0.2) is 9.97 Å². The molecule has 14 heteroatoms. The number of carbonyl (C=O) groups is 5. The molecule has 0 spiro atoms. The van der Waals surface area contributed by atoms with Gasteiger partial charge in [-0.1, -0.05) is 26.3 Å². The topological polar surface area (TPSA) is 233 Å². The van der Waals surface area contributed by atoms with Crippen LogP contribution in [0.5, 0.6) is 0 Å². The Bertz CT molecular complexity index is 3060. The Morgan fingerprint density at radius 2 is 1.33 bits per heavy atom. The second-order valence-electron chi connectivity index (χ2n) is 22.1. The van der Waals surface area contributed by atoms with Crippen molar-refractivity contribution in [1.29, 1.82) is 0 Å². The van der Waals surface area contributed by atoms with Crippen LogP contribution in [0.1, 0.15) is 178 Å². The standard InChI is InChI=1S/C34H38N4O6.C24H34O4/c1-15-21(7-9-31(41)42)27-14-28-22(8-10-32(43)44)16(2)24(36-28)12-29-34(20(6)40)18(4)26(38-29)13-30-33(19(5)39)17(3)25(37-30)11-23(15)35-27;1-14-12-18-19(22(4)9-6-17(27)13-21(14)22)7-10-23(5)20(18)8-11-24(23,15(2)25)28-16(3)26/h11-14,19-20,35,38-40H,7-10H2,1-6H3,(H,41,42)(H,43,44);13-14,18-20H,6-12H2,1-5H3/t;14-,18+,19-,20-,22+,23-,24-/m.0/s1. The molecule has 3 saturated carbocycles. The largest absolute Gasteiger partial charge is 0.481 e. The van der Waals surface area contributed by atoms with E-state index in [-0.39, 0.29) is 54.0 Å². The number of hydrogen-bond acceptors (Lipinski definition) is 10. The number of carboxylic acids is 2. The van der Waals surface area contributed by atoms with E-state index in [9.17, 15) is 44.4 Å². The number of allylic oxidation sites excluding steroid dienone is 4. The summed E-state index contributed by atoms with van der Waals surface area (Å²) < 4.78 is 5.84. The van der Waals surface area contributed by atoms with Crippen molar-refractivity contribution in [2.75, 3.05) is 0 Å². The van der Waals surface area contributed by atoms with Crippen LogP contribution >= 0.6 is 0 Å². The number of fused-ring (bicyclic) bond motifs is 13. The summed E-state index contributed by atoms with van der Waals surface area (Å²) in [7, 11) is 0. The fourth-order valence-corrected chi connectivity index (χ4v) is 14.4. The number of aromatic amines is 2. The number of rotatable bonds is 10. The Hall–Kier alpha value is -5.99.